The van der Waals surface area contributed by atoms with E-state index in [4.69, 9.17) is 5.11 Å². The van der Waals surface area contributed by atoms with Gasteiger partial charge in [0.15, 0.2) is 0 Å². The van der Waals surface area contributed by atoms with Crippen molar-refractivity contribution >= 4 is 21.9 Å². The molecule has 0 bridgehead atoms. The minimum absolute atomic E-state index is 0.0640. The number of hydrogen-bond acceptors (Lipinski definition) is 4. The normalized spacial score (nSPS) is 24.6. The van der Waals surface area contributed by atoms with Crippen LogP contribution in [-0.2, 0) is 19.6 Å². The van der Waals surface area contributed by atoms with Gasteiger partial charge in [0.2, 0.25) is 15.9 Å². The Morgan fingerprint density at radius 2 is 1.63 bits per heavy atom. The highest BCUT2D eigenvalue weighted by atomic mass is 32.2. The first-order chi connectivity index (χ1) is 12.8. The van der Waals surface area contributed by atoms with Crippen LogP contribution in [0.1, 0.15) is 37.7 Å². The van der Waals surface area contributed by atoms with Crippen LogP contribution in [-0.4, -0.2) is 48.8 Å². The second-order valence-electron chi connectivity index (χ2n) is 7.55. The molecule has 1 heterocycles. The molecule has 1 saturated carbocycles. The van der Waals surface area contributed by atoms with E-state index >= 15 is 0 Å². The summed E-state index contributed by atoms with van der Waals surface area (Å²) >= 11 is 0. The molecule has 2 atom stereocenters. The molecule has 8 heteroatoms. The predicted octanol–water partition coefficient (Wildman–Crippen LogP) is 1.77. The van der Waals surface area contributed by atoms with Gasteiger partial charge in [-0.25, -0.2) is 8.42 Å². The van der Waals surface area contributed by atoms with Crippen LogP contribution < -0.4 is 5.32 Å². The van der Waals surface area contributed by atoms with Crippen LogP contribution >= 0.6 is 0 Å². The minimum Gasteiger partial charge on any atom is -0.481 e. The van der Waals surface area contributed by atoms with Crippen molar-refractivity contribution in [3.63, 3.8) is 0 Å². The van der Waals surface area contributed by atoms with Crippen molar-refractivity contribution < 1.29 is 23.1 Å². The predicted molar refractivity (Wildman–Crippen MR) is 99.6 cm³/mol. The molecule has 1 aromatic carbocycles. The van der Waals surface area contributed by atoms with Crippen molar-refractivity contribution in [2.45, 2.75) is 50.0 Å². The highest BCUT2D eigenvalue weighted by Crippen LogP contribution is 2.31. The average Bonchev–Trinajstić information content (AvgIpc) is 3.13. The molecule has 7 nitrogen and oxygen atoms in total. The van der Waals surface area contributed by atoms with E-state index in [0.29, 0.717) is 50.1 Å². The quantitative estimate of drug-likeness (QED) is 0.792. The van der Waals surface area contributed by atoms with E-state index < -0.39 is 21.9 Å². The SMILES string of the molecule is Cc1ccc(S(=O)(=O)N2CCC(NC(=O)[C@@H]3CC[C@H](C(=O)O)C3)CC2)cc1. The van der Waals surface area contributed by atoms with E-state index in [2.05, 4.69) is 5.32 Å². The third-order valence-electron chi connectivity index (χ3n) is 5.61. The lowest BCUT2D eigenvalue weighted by Crippen LogP contribution is -2.47. The van der Waals surface area contributed by atoms with Crippen LogP contribution in [0.5, 0.6) is 0 Å². The second kappa shape index (κ2) is 7.98. The summed E-state index contributed by atoms with van der Waals surface area (Å²) in [5.41, 5.74) is 1.01. The number of sulfonamides is 1. The van der Waals surface area contributed by atoms with E-state index in [9.17, 15) is 18.0 Å². The standard InChI is InChI=1S/C19H26N2O5S/c1-13-2-6-17(7-3-13)27(25,26)21-10-8-16(9-11-21)20-18(22)14-4-5-15(12-14)19(23)24/h2-3,6-7,14-16H,4-5,8-12H2,1H3,(H,20,22)(H,23,24)/t14-,15+/m1/s1. The summed E-state index contributed by atoms with van der Waals surface area (Å²) in [6, 6.07) is 6.75. The maximum Gasteiger partial charge on any atom is 0.306 e. The molecule has 2 aliphatic rings. The highest BCUT2D eigenvalue weighted by Gasteiger charge is 2.35. The summed E-state index contributed by atoms with van der Waals surface area (Å²) in [4.78, 5) is 23.7. The maximum atomic E-state index is 12.7. The second-order valence-corrected chi connectivity index (χ2v) is 9.48. The van der Waals surface area contributed by atoms with Gasteiger partial charge in [-0.2, -0.15) is 4.31 Å². The number of amides is 1. The van der Waals surface area contributed by atoms with Crippen LogP contribution in [0.25, 0.3) is 0 Å². The average molecular weight is 394 g/mol. The number of nitrogens with one attached hydrogen (secondary N) is 1. The third-order valence-corrected chi connectivity index (χ3v) is 7.52. The number of aryl methyl sites for hydroxylation is 1. The number of nitrogens with zero attached hydrogens (tertiary/aromatic N) is 1. The van der Waals surface area contributed by atoms with Crippen molar-refractivity contribution in [2.24, 2.45) is 11.8 Å². The van der Waals surface area contributed by atoms with E-state index in [1.807, 2.05) is 6.92 Å². The van der Waals surface area contributed by atoms with Crippen LogP contribution in [0.4, 0.5) is 0 Å². The van der Waals surface area contributed by atoms with E-state index in [1.165, 1.54) is 4.31 Å². The van der Waals surface area contributed by atoms with Crippen LogP contribution in [0.3, 0.4) is 0 Å². The number of rotatable bonds is 5. The lowest BCUT2D eigenvalue weighted by atomic mass is 10.0. The topological polar surface area (TPSA) is 104 Å². The van der Waals surface area contributed by atoms with E-state index in [1.54, 1.807) is 24.3 Å². The lowest BCUT2D eigenvalue weighted by Gasteiger charge is -2.32. The van der Waals surface area contributed by atoms with Gasteiger partial charge in [-0.1, -0.05) is 17.7 Å². The van der Waals surface area contributed by atoms with E-state index in [-0.39, 0.29) is 17.9 Å². The lowest BCUT2D eigenvalue weighted by molar-refractivity contribution is -0.141. The first-order valence-electron chi connectivity index (χ1n) is 9.37. The van der Waals surface area contributed by atoms with Crippen molar-refractivity contribution in [1.82, 2.24) is 9.62 Å². The van der Waals surface area contributed by atoms with Gasteiger partial charge in [0.25, 0.3) is 0 Å². The molecular formula is C19H26N2O5S. The van der Waals surface area contributed by atoms with Gasteiger partial charge in [0.1, 0.15) is 0 Å². The van der Waals surface area contributed by atoms with Crippen molar-refractivity contribution in [2.75, 3.05) is 13.1 Å². The zero-order valence-electron chi connectivity index (χ0n) is 15.4. The van der Waals surface area contributed by atoms with Gasteiger partial charge < -0.3 is 10.4 Å². The van der Waals surface area contributed by atoms with Crippen LogP contribution in [0, 0.1) is 18.8 Å². The Hall–Kier alpha value is -1.93. The zero-order valence-corrected chi connectivity index (χ0v) is 16.2. The molecule has 1 amide bonds. The van der Waals surface area contributed by atoms with E-state index in [0.717, 1.165) is 5.56 Å². The Labute approximate surface area is 159 Å². The molecule has 2 fully saturated rings. The molecule has 0 spiro atoms. The largest absolute Gasteiger partial charge is 0.481 e. The third kappa shape index (κ3) is 4.50. The molecule has 27 heavy (non-hydrogen) atoms. The summed E-state index contributed by atoms with van der Waals surface area (Å²) in [6.45, 7) is 2.64. The fraction of sp³-hybridized carbons (Fsp3) is 0.579. The first kappa shape index (κ1) is 19.8. The molecule has 2 N–H and O–H groups in total. The Kier molecular flexibility index (Phi) is 5.86. The number of carbonyl (C=O) groups is 2. The van der Waals surface area contributed by atoms with Crippen molar-refractivity contribution in [1.29, 1.82) is 0 Å². The molecular weight excluding hydrogens is 368 g/mol. The molecule has 0 radical (unpaired) electrons. The molecule has 3 rings (SSSR count). The number of benzene rings is 1. The zero-order chi connectivity index (χ0) is 19.6. The number of carboxylic acids is 1. The fourth-order valence-electron chi connectivity index (χ4n) is 3.86. The van der Waals surface area contributed by atoms with Gasteiger partial charge in [-0.3, -0.25) is 9.59 Å². The summed E-state index contributed by atoms with van der Waals surface area (Å²) in [6.07, 6.45) is 2.66. The molecule has 1 aromatic rings. The number of carboxylic acid groups (broad SMARTS) is 1. The fourth-order valence-corrected chi connectivity index (χ4v) is 5.33. The maximum absolute atomic E-state index is 12.7. The van der Waals surface area contributed by atoms with Gasteiger partial charge in [-0.15, -0.1) is 0 Å². The molecule has 148 valence electrons. The molecule has 1 aliphatic carbocycles. The van der Waals surface area contributed by atoms with Gasteiger partial charge in [-0.05, 0) is 51.2 Å². The Morgan fingerprint density at radius 1 is 1.04 bits per heavy atom. The van der Waals surface area contributed by atoms with Gasteiger partial charge in [0, 0.05) is 25.0 Å². The number of carbonyl (C=O) groups excluding carboxylic acids is 1. The van der Waals surface area contributed by atoms with Gasteiger partial charge in [0.05, 0.1) is 10.8 Å². The Balaban J connectivity index is 1.52. The molecule has 0 unspecified atom stereocenters. The monoisotopic (exact) mass is 394 g/mol. The van der Waals surface area contributed by atoms with Crippen molar-refractivity contribution in [3.05, 3.63) is 29.8 Å². The molecule has 0 aromatic heterocycles. The van der Waals surface area contributed by atoms with Crippen LogP contribution in [0.15, 0.2) is 29.2 Å². The minimum atomic E-state index is -3.51. The molecule has 1 aliphatic heterocycles. The summed E-state index contributed by atoms with van der Waals surface area (Å²) in [5, 5.41) is 12.0. The van der Waals surface area contributed by atoms with Gasteiger partial charge >= 0.3 is 5.97 Å². The van der Waals surface area contributed by atoms with Crippen molar-refractivity contribution in [3.8, 4) is 0 Å². The summed E-state index contributed by atoms with van der Waals surface area (Å²) in [5.74, 6) is -1.61. The number of aliphatic carboxylic acids is 1. The summed E-state index contributed by atoms with van der Waals surface area (Å²) < 4.78 is 26.9. The number of hydrogen-bond donors (Lipinski definition) is 2. The summed E-state index contributed by atoms with van der Waals surface area (Å²) in [7, 11) is -3.51. The Morgan fingerprint density at radius 3 is 2.19 bits per heavy atom. The molecule has 1 saturated heterocycles. The smallest absolute Gasteiger partial charge is 0.306 e. The van der Waals surface area contributed by atoms with Crippen LogP contribution in [0.2, 0.25) is 0 Å². The first-order valence-corrected chi connectivity index (χ1v) is 10.8. The number of piperidine rings is 1. The Bertz CT molecular complexity index is 798. The highest BCUT2D eigenvalue weighted by molar-refractivity contribution is 7.89.